The molecular weight excluding hydrogens is 120 g/mol. The molecule has 9 heavy (non-hydrogen) atoms. The number of rotatable bonds is 0. The Morgan fingerprint density at radius 3 is 2.67 bits per heavy atom. The van der Waals surface area contributed by atoms with Crippen molar-refractivity contribution >= 4 is 5.78 Å². The topological polar surface area (TPSA) is 60.4 Å². The zero-order chi connectivity index (χ0) is 6.85. The van der Waals surface area contributed by atoms with Crippen molar-refractivity contribution in [2.75, 3.05) is 0 Å². The standard InChI is InChI=1S/C6H6O3/c7-4-2-1-3-5(8)6(4)9/h2-3,7-8H,1H2/p-1. The number of aliphatic hydroxyl groups is 1. The molecule has 0 fully saturated rings. The summed E-state index contributed by atoms with van der Waals surface area (Å²) in [6, 6.07) is 0. The number of ketones is 1. The molecule has 0 radical (unpaired) electrons. The molecule has 3 heteroatoms. The van der Waals surface area contributed by atoms with Crippen molar-refractivity contribution in [1.82, 2.24) is 0 Å². The Morgan fingerprint density at radius 1 is 1.56 bits per heavy atom. The molecule has 1 rings (SSSR count). The van der Waals surface area contributed by atoms with Crippen LogP contribution in [0.25, 0.3) is 0 Å². The Hall–Kier alpha value is -1.25. The Labute approximate surface area is 51.9 Å². The fourth-order valence-corrected chi connectivity index (χ4v) is 0.589. The molecule has 0 saturated carbocycles. The van der Waals surface area contributed by atoms with Crippen LogP contribution in [0, 0.1) is 0 Å². The van der Waals surface area contributed by atoms with Gasteiger partial charge in [-0.3, -0.25) is 4.79 Å². The van der Waals surface area contributed by atoms with Gasteiger partial charge < -0.3 is 10.2 Å². The Bertz CT molecular complexity index is 180. The van der Waals surface area contributed by atoms with Crippen LogP contribution in [0.1, 0.15) is 6.42 Å². The van der Waals surface area contributed by atoms with E-state index in [9.17, 15) is 9.90 Å². The van der Waals surface area contributed by atoms with Crippen LogP contribution in [0.4, 0.5) is 0 Å². The fraction of sp³-hybridized carbons (Fsp3) is 0.167. The van der Waals surface area contributed by atoms with Gasteiger partial charge in [-0.2, -0.15) is 0 Å². The van der Waals surface area contributed by atoms with Crippen molar-refractivity contribution < 1.29 is 15.0 Å². The maximum atomic E-state index is 10.4. The van der Waals surface area contributed by atoms with Gasteiger partial charge in [0.15, 0.2) is 5.76 Å². The lowest BCUT2D eigenvalue weighted by Crippen LogP contribution is -2.19. The monoisotopic (exact) mass is 125 g/mol. The van der Waals surface area contributed by atoms with E-state index in [4.69, 9.17) is 5.11 Å². The van der Waals surface area contributed by atoms with E-state index in [2.05, 4.69) is 0 Å². The van der Waals surface area contributed by atoms with Crippen molar-refractivity contribution in [1.29, 1.82) is 0 Å². The molecule has 0 aromatic rings. The molecule has 0 bridgehead atoms. The van der Waals surface area contributed by atoms with E-state index in [0.29, 0.717) is 6.42 Å². The van der Waals surface area contributed by atoms with E-state index >= 15 is 0 Å². The second-order valence-electron chi connectivity index (χ2n) is 1.72. The van der Waals surface area contributed by atoms with E-state index in [1.165, 1.54) is 12.2 Å². The molecule has 3 nitrogen and oxygen atoms in total. The first-order valence-corrected chi connectivity index (χ1v) is 2.53. The van der Waals surface area contributed by atoms with Crippen LogP contribution < -0.4 is 5.11 Å². The van der Waals surface area contributed by atoms with Gasteiger partial charge in [-0.15, -0.1) is 0 Å². The Balaban J connectivity index is 2.86. The molecule has 0 aromatic carbocycles. The Morgan fingerprint density at radius 2 is 2.22 bits per heavy atom. The third kappa shape index (κ3) is 0.937. The molecule has 0 amide bonds. The third-order valence-electron chi connectivity index (χ3n) is 1.07. The smallest absolute Gasteiger partial charge is 0.211 e. The second kappa shape index (κ2) is 1.93. The molecule has 0 aromatic heterocycles. The van der Waals surface area contributed by atoms with Gasteiger partial charge >= 0.3 is 0 Å². The summed E-state index contributed by atoms with van der Waals surface area (Å²) in [4.78, 5) is 10.4. The average molecular weight is 125 g/mol. The highest BCUT2D eigenvalue weighted by atomic mass is 16.3. The maximum absolute atomic E-state index is 10.4. The zero-order valence-electron chi connectivity index (χ0n) is 4.63. The predicted molar refractivity (Wildman–Crippen MR) is 28.4 cm³/mol. The first-order valence-electron chi connectivity index (χ1n) is 2.53. The van der Waals surface area contributed by atoms with Gasteiger partial charge in [0.2, 0.25) is 5.78 Å². The molecule has 0 saturated heterocycles. The summed E-state index contributed by atoms with van der Waals surface area (Å²) in [5, 5.41) is 19.0. The van der Waals surface area contributed by atoms with Crippen LogP contribution in [0.2, 0.25) is 0 Å². The largest absolute Gasteiger partial charge is 0.870 e. The lowest BCUT2D eigenvalue weighted by molar-refractivity contribution is -0.298. The summed E-state index contributed by atoms with van der Waals surface area (Å²) in [6.07, 6.45) is 2.90. The summed E-state index contributed by atoms with van der Waals surface area (Å²) in [5.74, 6) is -1.85. The molecule has 0 spiro atoms. The second-order valence-corrected chi connectivity index (χ2v) is 1.72. The lowest BCUT2D eigenvalue weighted by Gasteiger charge is -2.12. The van der Waals surface area contributed by atoms with Crippen molar-refractivity contribution in [3.05, 3.63) is 23.7 Å². The normalized spacial score (nSPS) is 18.9. The quantitative estimate of drug-likeness (QED) is 0.481. The van der Waals surface area contributed by atoms with Gasteiger partial charge in [-0.25, -0.2) is 0 Å². The van der Waals surface area contributed by atoms with E-state index in [1.54, 1.807) is 0 Å². The van der Waals surface area contributed by atoms with Gasteiger partial charge in [0.05, 0.1) is 0 Å². The first-order chi connectivity index (χ1) is 4.22. The van der Waals surface area contributed by atoms with Crippen molar-refractivity contribution in [3.8, 4) is 0 Å². The molecule has 0 atom stereocenters. The van der Waals surface area contributed by atoms with Crippen LogP contribution in [0.3, 0.4) is 0 Å². The highest BCUT2D eigenvalue weighted by Gasteiger charge is 2.07. The molecule has 0 unspecified atom stereocenters. The van der Waals surface area contributed by atoms with Gasteiger partial charge in [0, 0.05) is 0 Å². The number of aliphatic hydroxyl groups excluding tert-OH is 1. The molecule has 48 valence electrons. The maximum Gasteiger partial charge on any atom is 0.211 e. The molecule has 0 heterocycles. The highest BCUT2D eigenvalue weighted by Crippen LogP contribution is 2.06. The van der Waals surface area contributed by atoms with Crippen LogP contribution in [0.5, 0.6) is 0 Å². The Kier molecular flexibility index (Phi) is 1.26. The number of hydrogen-bond donors (Lipinski definition) is 1. The van der Waals surface area contributed by atoms with E-state index in [-0.39, 0.29) is 0 Å². The summed E-state index contributed by atoms with van der Waals surface area (Å²) in [6.45, 7) is 0. The minimum Gasteiger partial charge on any atom is -0.870 e. The van der Waals surface area contributed by atoms with E-state index < -0.39 is 17.3 Å². The van der Waals surface area contributed by atoms with Crippen molar-refractivity contribution in [2.24, 2.45) is 0 Å². The SMILES string of the molecule is O=C1C([O-])=CCC=C1O. The van der Waals surface area contributed by atoms with Crippen LogP contribution in [0.15, 0.2) is 23.7 Å². The number of allylic oxidation sites excluding steroid dienone is 2. The molecule has 1 aliphatic rings. The number of hydrogen-bond acceptors (Lipinski definition) is 3. The lowest BCUT2D eigenvalue weighted by atomic mass is 10.1. The fourth-order valence-electron chi connectivity index (χ4n) is 0.589. The predicted octanol–water partition coefficient (Wildman–Crippen LogP) is -0.355. The summed E-state index contributed by atoms with van der Waals surface area (Å²) in [5.41, 5.74) is 0. The minimum absolute atomic E-state index is 0.358. The van der Waals surface area contributed by atoms with Gasteiger partial charge in [0.1, 0.15) is 0 Å². The van der Waals surface area contributed by atoms with E-state index in [1.807, 2.05) is 0 Å². The van der Waals surface area contributed by atoms with Gasteiger partial charge in [-0.1, -0.05) is 11.8 Å². The van der Waals surface area contributed by atoms with Gasteiger partial charge in [0.25, 0.3) is 0 Å². The number of Topliss-reactive ketones (excluding diaryl/α,β-unsaturated/α-hetero) is 1. The summed E-state index contributed by atoms with van der Waals surface area (Å²) in [7, 11) is 0. The molecule has 1 N–H and O–H groups in total. The minimum atomic E-state index is -0.804. The first kappa shape index (κ1) is 5.88. The third-order valence-corrected chi connectivity index (χ3v) is 1.07. The van der Waals surface area contributed by atoms with Crippen LogP contribution >= 0.6 is 0 Å². The molecular formula is C6H5O3-. The van der Waals surface area contributed by atoms with E-state index in [0.717, 1.165) is 0 Å². The van der Waals surface area contributed by atoms with Gasteiger partial charge in [-0.05, 0) is 12.5 Å². The van der Waals surface area contributed by atoms with Crippen LogP contribution in [-0.4, -0.2) is 10.9 Å². The summed E-state index contributed by atoms with van der Waals surface area (Å²) < 4.78 is 0. The average Bonchev–Trinajstić information content (AvgIpc) is 1.83. The molecule has 0 aliphatic heterocycles. The van der Waals surface area contributed by atoms with Crippen molar-refractivity contribution in [3.63, 3.8) is 0 Å². The number of carbonyl (C=O) groups is 1. The van der Waals surface area contributed by atoms with Crippen LogP contribution in [-0.2, 0) is 4.79 Å². The number of carbonyl (C=O) groups excluding carboxylic acids is 1. The molecule has 1 aliphatic carbocycles. The summed E-state index contributed by atoms with van der Waals surface area (Å²) >= 11 is 0. The highest BCUT2D eigenvalue weighted by molar-refractivity contribution is 6.05. The zero-order valence-corrected chi connectivity index (χ0v) is 4.63. The van der Waals surface area contributed by atoms with Crippen molar-refractivity contribution in [2.45, 2.75) is 6.42 Å².